The molecule has 1 heterocycles. The summed E-state index contributed by atoms with van der Waals surface area (Å²) in [5, 5.41) is 4.73. The summed E-state index contributed by atoms with van der Waals surface area (Å²) in [5.74, 6) is 0. The first-order valence-corrected chi connectivity index (χ1v) is 5.08. The van der Waals surface area contributed by atoms with Gasteiger partial charge in [0.1, 0.15) is 12.0 Å². The lowest BCUT2D eigenvalue weighted by Crippen LogP contribution is -1.84. The Labute approximate surface area is 84.7 Å². The van der Waals surface area contributed by atoms with Crippen LogP contribution >= 0.6 is 15.9 Å². The molecule has 3 heteroatoms. The van der Waals surface area contributed by atoms with Crippen molar-refractivity contribution in [2.75, 3.05) is 0 Å². The molecule has 0 fully saturated rings. The predicted molar refractivity (Wildman–Crippen MR) is 54.6 cm³/mol. The Hall–Kier alpha value is -1.09. The van der Waals surface area contributed by atoms with E-state index in [2.05, 4.69) is 27.2 Å². The smallest absolute Gasteiger partial charge is 0.124 e. The van der Waals surface area contributed by atoms with E-state index in [1.54, 1.807) is 6.26 Å². The van der Waals surface area contributed by atoms with Gasteiger partial charge in [0.25, 0.3) is 0 Å². The van der Waals surface area contributed by atoms with Gasteiger partial charge in [0.15, 0.2) is 0 Å². The Morgan fingerprint density at radius 2 is 2.08 bits per heavy atom. The SMILES string of the molecule is BrCc1ccccc1-c1ccon1. The molecule has 0 amide bonds. The maximum Gasteiger partial charge on any atom is 0.124 e. The fourth-order valence-electron chi connectivity index (χ4n) is 1.24. The second-order valence-corrected chi connectivity index (χ2v) is 3.24. The number of benzene rings is 1. The van der Waals surface area contributed by atoms with Gasteiger partial charge in [0.05, 0.1) is 0 Å². The van der Waals surface area contributed by atoms with Crippen molar-refractivity contribution in [3.05, 3.63) is 42.2 Å². The maximum atomic E-state index is 4.80. The molecular formula is C10H8BrNO. The van der Waals surface area contributed by atoms with Crippen LogP contribution in [0.3, 0.4) is 0 Å². The molecule has 0 aliphatic carbocycles. The predicted octanol–water partition coefficient (Wildman–Crippen LogP) is 3.24. The highest BCUT2D eigenvalue weighted by molar-refractivity contribution is 9.08. The van der Waals surface area contributed by atoms with Crippen molar-refractivity contribution in [2.45, 2.75) is 5.33 Å². The zero-order valence-electron chi connectivity index (χ0n) is 6.90. The molecule has 2 rings (SSSR count). The van der Waals surface area contributed by atoms with E-state index in [1.165, 1.54) is 5.56 Å². The van der Waals surface area contributed by atoms with E-state index in [1.807, 2.05) is 24.3 Å². The molecular weight excluding hydrogens is 230 g/mol. The van der Waals surface area contributed by atoms with E-state index in [9.17, 15) is 0 Å². The van der Waals surface area contributed by atoms with Gasteiger partial charge in [-0.05, 0) is 5.56 Å². The van der Waals surface area contributed by atoms with Crippen molar-refractivity contribution in [1.82, 2.24) is 5.16 Å². The van der Waals surface area contributed by atoms with Crippen molar-refractivity contribution >= 4 is 15.9 Å². The van der Waals surface area contributed by atoms with Crippen LogP contribution in [-0.4, -0.2) is 5.16 Å². The Kier molecular flexibility index (Phi) is 2.45. The minimum Gasteiger partial charge on any atom is -0.364 e. The molecule has 0 unspecified atom stereocenters. The first-order valence-electron chi connectivity index (χ1n) is 3.96. The number of alkyl halides is 1. The van der Waals surface area contributed by atoms with Gasteiger partial charge in [-0.25, -0.2) is 0 Å². The molecule has 2 nitrogen and oxygen atoms in total. The highest BCUT2D eigenvalue weighted by atomic mass is 79.9. The lowest BCUT2D eigenvalue weighted by molar-refractivity contribution is 0.422. The van der Waals surface area contributed by atoms with E-state index >= 15 is 0 Å². The Morgan fingerprint density at radius 1 is 1.23 bits per heavy atom. The van der Waals surface area contributed by atoms with Gasteiger partial charge in [-0.15, -0.1) is 0 Å². The Morgan fingerprint density at radius 3 is 2.77 bits per heavy atom. The van der Waals surface area contributed by atoms with Crippen molar-refractivity contribution in [1.29, 1.82) is 0 Å². The monoisotopic (exact) mass is 237 g/mol. The lowest BCUT2D eigenvalue weighted by Gasteiger charge is -2.01. The van der Waals surface area contributed by atoms with Crippen LogP contribution in [0.2, 0.25) is 0 Å². The summed E-state index contributed by atoms with van der Waals surface area (Å²) in [7, 11) is 0. The van der Waals surface area contributed by atoms with Gasteiger partial charge in [-0.1, -0.05) is 45.4 Å². The third kappa shape index (κ3) is 1.65. The van der Waals surface area contributed by atoms with Gasteiger partial charge in [0, 0.05) is 17.0 Å². The molecule has 1 aromatic carbocycles. The van der Waals surface area contributed by atoms with Gasteiger partial charge >= 0.3 is 0 Å². The van der Waals surface area contributed by atoms with Crippen LogP contribution in [0.1, 0.15) is 5.56 Å². The maximum absolute atomic E-state index is 4.80. The molecule has 0 aliphatic rings. The van der Waals surface area contributed by atoms with Crippen molar-refractivity contribution in [2.24, 2.45) is 0 Å². The standard InChI is InChI=1S/C10H8BrNO/c11-7-8-3-1-2-4-9(8)10-5-6-13-12-10/h1-6H,7H2. The average Bonchev–Trinajstić information content (AvgIpc) is 2.70. The zero-order valence-corrected chi connectivity index (χ0v) is 8.49. The van der Waals surface area contributed by atoms with Crippen molar-refractivity contribution < 1.29 is 4.52 Å². The van der Waals surface area contributed by atoms with E-state index in [4.69, 9.17) is 4.52 Å². The first kappa shape index (κ1) is 8.51. The average molecular weight is 238 g/mol. The summed E-state index contributed by atoms with van der Waals surface area (Å²) in [5.41, 5.74) is 3.22. The highest BCUT2D eigenvalue weighted by Crippen LogP contribution is 2.23. The molecule has 0 saturated heterocycles. The van der Waals surface area contributed by atoms with E-state index < -0.39 is 0 Å². The van der Waals surface area contributed by atoms with Crippen LogP contribution in [0.15, 0.2) is 41.1 Å². The van der Waals surface area contributed by atoms with E-state index in [-0.39, 0.29) is 0 Å². The molecule has 0 saturated carbocycles. The van der Waals surface area contributed by atoms with Crippen molar-refractivity contribution in [3.63, 3.8) is 0 Å². The van der Waals surface area contributed by atoms with Gasteiger partial charge < -0.3 is 4.52 Å². The van der Waals surface area contributed by atoms with Crippen LogP contribution in [0.25, 0.3) is 11.3 Å². The summed E-state index contributed by atoms with van der Waals surface area (Å²) in [6, 6.07) is 9.98. The van der Waals surface area contributed by atoms with E-state index in [0.29, 0.717) is 0 Å². The highest BCUT2D eigenvalue weighted by Gasteiger charge is 2.04. The molecule has 0 aliphatic heterocycles. The topological polar surface area (TPSA) is 26.0 Å². The second-order valence-electron chi connectivity index (χ2n) is 2.68. The number of rotatable bonds is 2. The zero-order chi connectivity index (χ0) is 9.10. The Balaban J connectivity index is 2.51. The lowest BCUT2D eigenvalue weighted by atomic mass is 10.1. The largest absolute Gasteiger partial charge is 0.364 e. The minimum atomic E-state index is 0.829. The molecule has 2 aromatic rings. The molecule has 0 spiro atoms. The van der Waals surface area contributed by atoms with Gasteiger partial charge in [0.2, 0.25) is 0 Å². The number of nitrogens with zero attached hydrogens (tertiary/aromatic N) is 1. The summed E-state index contributed by atoms with van der Waals surface area (Å²) in [6.07, 6.45) is 1.58. The number of aromatic nitrogens is 1. The number of halogens is 1. The summed E-state index contributed by atoms with van der Waals surface area (Å²) < 4.78 is 4.80. The molecule has 1 aromatic heterocycles. The minimum absolute atomic E-state index is 0.829. The number of hydrogen-bond donors (Lipinski definition) is 0. The fourth-order valence-corrected chi connectivity index (χ4v) is 1.73. The van der Waals surface area contributed by atoms with Crippen LogP contribution < -0.4 is 0 Å². The normalized spacial score (nSPS) is 10.2. The molecule has 0 bridgehead atoms. The van der Waals surface area contributed by atoms with Crippen LogP contribution in [-0.2, 0) is 5.33 Å². The van der Waals surface area contributed by atoms with Gasteiger partial charge in [-0.2, -0.15) is 0 Å². The molecule has 0 radical (unpaired) electrons. The summed E-state index contributed by atoms with van der Waals surface area (Å²) in [4.78, 5) is 0. The summed E-state index contributed by atoms with van der Waals surface area (Å²) in [6.45, 7) is 0. The first-order chi connectivity index (χ1) is 6.42. The summed E-state index contributed by atoms with van der Waals surface area (Å²) >= 11 is 3.44. The third-order valence-corrected chi connectivity index (χ3v) is 2.48. The molecule has 66 valence electrons. The quantitative estimate of drug-likeness (QED) is 0.750. The van der Waals surface area contributed by atoms with Gasteiger partial charge in [-0.3, -0.25) is 0 Å². The molecule has 0 N–H and O–H groups in total. The fraction of sp³-hybridized carbons (Fsp3) is 0.100. The van der Waals surface area contributed by atoms with Crippen LogP contribution in [0.5, 0.6) is 0 Å². The second kappa shape index (κ2) is 3.75. The van der Waals surface area contributed by atoms with Crippen LogP contribution in [0.4, 0.5) is 0 Å². The molecule has 13 heavy (non-hydrogen) atoms. The van der Waals surface area contributed by atoms with Crippen LogP contribution in [0, 0.1) is 0 Å². The van der Waals surface area contributed by atoms with E-state index in [0.717, 1.165) is 16.6 Å². The number of hydrogen-bond acceptors (Lipinski definition) is 2. The Bertz CT molecular complexity index is 384. The molecule has 0 atom stereocenters. The van der Waals surface area contributed by atoms with Crippen molar-refractivity contribution in [3.8, 4) is 11.3 Å². The third-order valence-electron chi connectivity index (χ3n) is 1.88.